The van der Waals surface area contributed by atoms with E-state index >= 15 is 0 Å². The number of H-pyrrole nitrogens is 1. The van der Waals surface area contributed by atoms with Crippen molar-refractivity contribution in [3.63, 3.8) is 0 Å². The van der Waals surface area contributed by atoms with Crippen LogP contribution in [0.2, 0.25) is 0 Å². The summed E-state index contributed by atoms with van der Waals surface area (Å²) in [6.07, 6.45) is 2.28. The Morgan fingerprint density at radius 1 is 1.48 bits per heavy atom. The molecule has 0 saturated heterocycles. The molecular weight excluding hydrogens is 268 g/mol. The molecule has 5 nitrogen and oxygen atoms in total. The SMILES string of the molecule is COC(C)(CNC(=O)c1cc(C(C)C)[nH]c(=O)c1)C1CC1. The lowest BCUT2D eigenvalue weighted by Crippen LogP contribution is -2.44. The molecule has 1 amide bonds. The Kier molecular flexibility index (Phi) is 4.52. The fraction of sp³-hybridized carbons (Fsp3) is 0.625. The Hall–Kier alpha value is -1.62. The maximum absolute atomic E-state index is 12.3. The van der Waals surface area contributed by atoms with E-state index in [0.29, 0.717) is 18.0 Å². The summed E-state index contributed by atoms with van der Waals surface area (Å²) in [5.41, 5.74) is 0.599. The molecule has 0 bridgehead atoms. The lowest BCUT2D eigenvalue weighted by molar-refractivity contribution is -0.0112. The minimum absolute atomic E-state index is 0.168. The molecule has 0 aliphatic heterocycles. The quantitative estimate of drug-likeness (QED) is 0.843. The lowest BCUT2D eigenvalue weighted by atomic mass is 10.00. The molecule has 0 radical (unpaired) electrons. The van der Waals surface area contributed by atoms with Crippen molar-refractivity contribution in [2.24, 2.45) is 5.92 Å². The number of aromatic amines is 1. The Labute approximate surface area is 125 Å². The smallest absolute Gasteiger partial charge is 0.251 e. The molecule has 5 heteroatoms. The van der Waals surface area contributed by atoms with Crippen LogP contribution in [0.25, 0.3) is 0 Å². The Morgan fingerprint density at radius 3 is 2.67 bits per heavy atom. The molecule has 1 aliphatic rings. The van der Waals surface area contributed by atoms with Gasteiger partial charge in [-0.05, 0) is 37.7 Å². The average Bonchev–Trinajstić information content (AvgIpc) is 3.28. The van der Waals surface area contributed by atoms with Crippen LogP contribution >= 0.6 is 0 Å². The van der Waals surface area contributed by atoms with Crippen molar-refractivity contribution in [1.82, 2.24) is 10.3 Å². The van der Waals surface area contributed by atoms with Crippen molar-refractivity contribution >= 4 is 5.91 Å². The molecule has 1 aromatic heterocycles. The van der Waals surface area contributed by atoms with Crippen molar-refractivity contribution in [3.8, 4) is 0 Å². The zero-order valence-electron chi connectivity index (χ0n) is 13.2. The molecule has 21 heavy (non-hydrogen) atoms. The van der Waals surface area contributed by atoms with Crippen LogP contribution in [0.3, 0.4) is 0 Å². The van der Waals surface area contributed by atoms with Crippen LogP contribution in [0.5, 0.6) is 0 Å². The summed E-state index contributed by atoms with van der Waals surface area (Å²) in [6, 6.07) is 3.07. The zero-order valence-corrected chi connectivity index (χ0v) is 13.2. The van der Waals surface area contributed by atoms with Crippen molar-refractivity contribution < 1.29 is 9.53 Å². The minimum Gasteiger partial charge on any atom is -0.376 e. The van der Waals surface area contributed by atoms with Gasteiger partial charge in [-0.1, -0.05) is 13.8 Å². The van der Waals surface area contributed by atoms with Crippen LogP contribution in [0.4, 0.5) is 0 Å². The van der Waals surface area contributed by atoms with Gasteiger partial charge in [-0.2, -0.15) is 0 Å². The largest absolute Gasteiger partial charge is 0.376 e. The maximum atomic E-state index is 12.3. The van der Waals surface area contributed by atoms with Gasteiger partial charge < -0.3 is 15.0 Å². The van der Waals surface area contributed by atoms with Crippen molar-refractivity contribution in [3.05, 3.63) is 33.7 Å². The van der Waals surface area contributed by atoms with Gasteiger partial charge in [-0.3, -0.25) is 9.59 Å². The summed E-state index contributed by atoms with van der Waals surface area (Å²) >= 11 is 0. The molecule has 1 saturated carbocycles. The first-order valence-corrected chi connectivity index (χ1v) is 7.43. The van der Waals surface area contributed by atoms with Gasteiger partial charge in [0.2, 0.25) is 5.56 Å². The van der Waals surface area contributed by atoms with E-state index in [-0.39, 0.29) is 23.0 Å². The van der Waals surface area contributed by atoms with E-state index < -0.39 is 0 Å². The molecule has 1 aliphatic carbocycles. The number of carbonyl (C=O) groups is 1. The molecule has 1 fully saturated rings. The van der Waals surface area contributed by atoms with Gasteiger partial charge in [-0.25, -0.2) is 0 Å². The van der Waals surface area contributed by atoms with Crippen LogP contribution < -0.4 is 10.9 Å². The van der Waals surface area contributed by atoms with Gasteiger partial charge in [-0.15, -0.1) is 0 Å². The summed E-state index contributed by atoms with van der Waals surface area (Å²) in [4.78, 5) is 26.6. The highest BCUT2D eigenvalue weighted by Gasteiger charge is 2.41. The predicted octanol–water partition coefficient (Wildman–Crippen LogP) is 2.04. The molecule has 0 spiro atoms. The predicted molar refractivity (Wildman–Crippen MR) is 81.6 cm³/mol. The lowest BCUT2D eigenvalue weighted by Gasteiger charge is -2.28. The maximum Gasteiger partial charge on any atom is 0.251 e. The Morgan fingerprint density at radius 2 is 2.14 bits per heavy atom. The van der Waals surface area contributed by atoms with E-state index in [1.165, 1.54) is 6.07 Å². The number of carbonyl (C=O) groups excluding carboxylic acids is 1. The Balaban J connectivity index is 2.08. The van der Waals surface area contributed by atoms with Gasteiger partial charge in [0.25, 0.3) is 5.91 Å². The number of hydrogen-bond acceptors (Lipinski definition) is 3. The fourth-order valence-electron chi connectivity index (χ4n) is 2.44. The van der Waals surface area contributed by atoms with Gasteiger partial charge in [0.15, 0.2) is 0 Å². The highest BCUT2D eigenvalue weighted by Crippen LogP contribution is 2.41. The van der Waals surface area contributed by atoms with Crippen molar-refractivity contribution in [2.45, 2.75) is 45.1 Å². The first kappa shape index (κ1) is 15.8. The normalized spacial score (nSPS) is 17.6. The van der Waals surface area contributed by atoms with Crippen LogP contribution in [0, 0.1) is 5.92 Å². The number of pyridine rings is 1. The first-order valence-electron chi connectivity index (χ1n) is 7.43. The number of hydrogen-bond donors (Lipinski definition) is 2. The molecule has 0 aromatic carbocycles. The van der Waals surface area contributed by atoms with Gasteiger partial charge in [0, 0.05) is 31.0 Å². The summed E-state index contributed by atoms with van der Waals surface area (Å²) in [7, 11) is 1.68. The average molecular weight is 292 g/mol. The number of methoxy groups -OCH3 is 1. The van der Waals surface area contributed by atoms with Gasteiger partial charge in [0.1, 0.15) is 0 Å². The number of rotatable bonds is 6. The molecule has 2 rings (SSSR count). The van der Waals surface area contributed by atoms with Crippen LogP contribution in [0.15, 0.2) is 16.9 Å². The number of nitrogens with one attached hydrogen (secondary N) is 2. The second-order valence-corrected chi connectivity index (χ2v) is 6.32. The molecule has 116 valence electrons. The number of amides is 1. The molecule has 1 atom stereocenters. The van der Waals surface area contributed by atoms with E-state index in [1.54, 1.807) is 13.2 Å². The Bertz CT molecular complexity index is 575. The van der Waals surface area contributed by atoms with Crippen molar-refractivity contribution in [2.75, 3.05) is 13.7 Å². The number of aromatic nitrogens is 1. The van der Waals surface area contributed by atoms with Crippen LogP contribution in [-0.4, -0.2) is 30.1 Å². The van der Waals surface area contributed by atoms with E-state index in [0.717, 1.165) is 18.5 Å². The van der Waals surface area contributed by atoms with Crippen molar-refractivity contribution in [1.29, 1.82) is 0 Å². The van der Waals surface area contributed by atoms with Gasteiger partial charge >= 0.3 is 0 Å². The number of ether oxygens (including phenoxy) is 1. The second-order valence-electron chi connectivity index (χ2n) is 6.32. The third-order valence-corrected chi connectivity index (χ3v) is 4.26. The van der Waals surface area contributed by atoms with Crippen LogP contribution in [0.1, 0.15) is 55.6 Å². The standard InChI is InChI=1S/C16H24N2O3/c1-10(2)13-7-11(8-14(19)18-13)15(20)17-9-16(3,21-4)12-5-6-12/h7-8,10,12H,5-6,9H2,1-4H3,(H,17,20)(H,18,19). The van der Waals surface area contributed by atoms with Gasteiger partial charge in [0.05, 0.1) is 5.60 Å². The highest BCUT2D eigenvalue weighted by molar-refractivity contribution is 5.94. The third-order valence-electron chi connectivity index (χ3n) is 4.26. The summed E-state index contributed by atoms with van der Waals surface area (Å²) in [5.74, 6) is 0.446. The second kappa shape index (κ2) is 6.02. The fourth-order valence-corrected chi connectivity index (χ4v) is 2.44. The third kappa shape index (κ3) is 3.73. The monoisotopic (exact) mass is 292 g/mol. The molecule has 1 heterocycles. The molecule has 2 N–H and O–H groups in total. The van der Waals surface area contributed by atoms with Crippen LogP contribution in [-0.2, 0) is 4.74 Å². The molecule has 1 unspecified atom stereocenters. The van der Waals surface area contributed by atoms with E-state index in [1.807, 2.05) is 20.8 Å². The summed E-state index contributed by atoms with van der Waals surface area (Å²) < 4.78 is 5.55. The minimum atomic E-state index is -0.322. The topological polar surface area (TPSA) is 71.2 Å². The molecular formula is C16H24N2O3. The summed E-state index contributed by atoms with van der Waals surface area (Å²) in [5, 5.41) is 2.89. The first-order chi connectivity index (χ1) is 9.85. The summed E-state index contributed by atoms with van der Waals surface area (Å²) in [6.45, 7) is 6.42. The highest BCUT2D eigenvalue weighted by atomic mass is 16.5. The zero-order chi connectivity index (χ0) is 15.6. The molecule has 1 aromatic rings. The van der Waals surface area contributed by atoms with E-state index in [9.17, 15) is 9.59 Å². The van der Waals surface area contributed by atoms with E-state index in [4.69, 9.17) is 4.74 Å². The van der Waals surface area contributed by atoms with E-state index in [2.05, 4.69) is 10.3 Å².